The number of anilines is 3. The zero-order chi connectivity index (χ0) is 18.3. The normalized spacial score (nSPS) is 13.6. The third-order valence-electron chi connectivity index (χ3n) is 4.06. The minimum Gasteiger partial charge on any atom is -0.382 e. The lowest BCUT2D eigenvalue weighted by Gasteiger charge is -2.30. The summed E-state index contributed by atoms with van der Waals surface area (Å²) >= 11 is 1.70. The molecule has 1 amide bonds. The highest BCUT2D eigenvalue weighted by Gasteiger charge is 2.20. The molecule has 0 bridgehead atoms. The van der Waals surface area contributed by atoms with E-state index in [9.17, 15) is 4.79 Å². The van der Waals surface area contributed by atoms with Gasteiger partial charge in [-0.2, -0.15) is 9.97 Å². The summed E-state index contributed by atoms with van der Waals surface area (Å²) < 4.78 is 0. The molecule has 1 aliphatic rings. The smallest absolute Gasteiger partial charge is 0.248 e. The topological polar surface area (TPSA) is 150 Å². The highest BCUT2D eigenvalue weighted by Crippen LogP contribution is 2.36. The van der Waals surface area contributed by atoms with Gasteiger partial charge in [0.15, 0.2) is 17.0 Å². The number of hydrogen-bond acceptors (Lipinski definition) is 9. The van der Waals surface area contributed by atoms with Crippen LogP contribution in [0.3, 0.4) is 0 Å². The first-order valence-corrected chi connectivity index (χ1v) is 8.86. The van der Waals surface area contributed by atoms with Crippen molar-refractivity contribution in [1.82, 2.24) is 19.9 Å². The van der Waals surface area contributed by atoms with Gasteiger partial charge in [-0.1, -0.05) is 0 Å². The molecule has 3 heterocycles. The Labute approximate surface area is 153 Å². The number of fused-ring (bicyclic) bond motifs is 2. The van der Waals surface area contributed by atoms with Crippen molar-refractivity contribution < 1.29 is 4.79 Å². The van der Waals surface area contributed by atoms with Crippen LogP contribution in [0.25, 0.3) is 11.2 Å². The van der Waals surface area contributed by atoms with Crippen LogP contribution in [0.4, 0.5) is 17.5 Å². The molecule has 3 aromatic rings. The molecule has 0 spiro atoms. The molecular formula is C16H16N8OS. The van der Waals surface area contributed by atoms with E-state index in [2.05, 4.69) is 24.8 Å². The van der Waals surface area contributed by atoms with E-state index in [0.717, 1.165) is 28.6 Å². The third-order valence-corrected chi connectivity index (χ3v) is 5.08. The van der Waals surface area contributed by atoms with Crippen LogP contribution in [0.1, 0.15) is 16.1 Å². The van der Waals surface area contributed by atoms with Gasteiger partial charge in [-0.15, -0.1) is 11.8 Å². The number of carbonyl (C=O) groups is 1. The Morgan fingerprint density at radius 3 is 2.88 bits per heavy atom. The first-order chi connectivity index (χ1) is 12.5. The van der Waals surface area contributed by atoms with E-state index in [1.807, 2.05) is 12.1 Å². The van der Waals surface area contributed by atoms with Gasteiger partial charge >= 0.3 is 0 Å². The Balaban J connectivity index is 1.66. The first-order valence-electron chi connectivity index (χ1n) is 7.87. The van der Waals surface area contributed by atoms with Gasteiger partial charge in [0.2, 0.25) is 11.9 Å². The van der Waals surface area contributed by atoms with Gasteiger partial charge in [0.1, 0.15) is 0 Å². The number of nitrogen functional groups attached to an aromatic ring is 2. The minimum atomic E-state index is -0.430. The van der Waals surface area contributed by atoms with Gasteiger partial charge in [0.05, 0.1) is 24.1 Å². The number of amides is 1. The van der Waals surface area contributed by atoms with E-state index in [-0.39, 0.29) is 11.8 Å². The highest BCUT2D eigenvalue weighted by atomic mass is 32.2. The predicted octanol–water partition coefficient (Wildman–Crippen LogP) is 0.795. The largest absolute Gasteiger partial charge is 0.382 e. The molecule has 0 aliphatic carbocycles. The maximum absolute atomic E-state index is 11.4. The average molecular weight is 368 g/mol. The van der Waals surface area contributed by atoms with Crippen LogP contribution in [-0.4, -0.2) is 38.1 Å². The van der Waals surface area contributed by atoms with Gasteiger partial charge in [-0.3, -0.25) is 4.79 Å². The summed E-state index contributed by atoms with van der Waals surface area (Å²) in [6.45, 7) is 1.40. The SMILES string of the molecule is NC(=O)c1ccc2c(c1)SCCN2Cc1cnc2nc(N)nc(N)c2n1. The number of hydrogen-bond donors (Lipinski definition) is 3. The van der Waals surface area contributed by atoms with Crippen LogP contribution in [-0.2, 0) is 6.54 Å². The molecule has 0 fully saturated rings. The van der Waals surface area contributed by atoms with Crippen molar-refractivity contribution in [3.8, 4) is 0 Å². The molecule has 26 heavy (non-hydrogen) atoms. The summed E-state index contributed by atoms with van der Waals surface area (Å²) in [5.74, 6) is 0.755. The van der Waals surface area contributed by atoms with E-state index >= 15 is 0 Å². The second-order valence-electron chi connectivity index (χ2n) is 5.82. The molecule has 0 saturated carbocycles. The fraction of sp³-hybridized carbons (Fsp3) is 0.188. The van der Waals surface area contributed by atoms with Crippen molar-refractivity contribution in [3.05, 3.63) is 35.7 Å². The van der Waals surface area contributed by atoms with Crippen LogP contribution >= 0.6 is 11.8 Å². The summed E-state index contributed by atoms with van der Waals surface area (Å²) in [6.07, 6.45) is 1.66. The first kappa shape index (κ1) is 16.3. The van der Waals surface area contributed by atoms with E-state index in [0.29, 0.717) is 23.3 Å². The number of primary amides is 1. The van der Waals surface area contributed by atoms with Crippen LogP contribution in [0.5, 0.6) is 0 Å². The van der Waals surface area contributed by atoms with Gasteiger partial charge in [-0.05, 0) is 18.2 Å². The molecule has 1 aliphatic heterocycles. The zero-order valence-electron chi connectivity index (χ0n) is 13.7. The molecule has 2 aromatic heterocycles. The molecule has 4 rings (SSSR count). The maximum atomic E-state index is 11.4. The van der Waals surface area contributed by atoms with Crippen LogP contribution in [0.15, 0.2) is 29.3 Å². The van der Waals surface area contributed by atoms with Gasteiger partial charge in [-0.25, -0.2) is 9.97 Å². The summed E-state index contributed by atoms with van der Waals surface area (Å²) in [5.41, 5.74) is 19.9. The number of benzene rings is 1. The lowest BCUT2D eigenvalue weighted by molar-refractivity contribution is 0.1000. The average Bonchev–Trinajstić information content (AvgIpc) is 2.62. The summed E-state index contributed by atoms with van der Waals surface area (Å²) in [6, 6.07) is 5.48. The van der Waals surface area contributed by atoms with E-state index in [4.69, 9.17) is 17.2 Å². The lowest BCUT2D eigenvalue weighted by Crippen LogP contribution is -2.29. The fourth-order valence-corrected chi connectivity index (χ4v) is 3.94. The Morgan fingerprint density at radius 2 is 2.08 bits per heavy atom. The number of nitrogens with two attached hydrogens (primary N) is 3. The maximum Gasteiger partial charge on any atom is 0.248 e. The highest BCUT2D eigenvalue weighted by molar-refractivity contribution is 7.99. The van der Waals surface area contributed by atoms with Crippen molar-refractivity contribution >= 4 is 46.3 Å². The number of carbonyl (C=O) groups excluding carboxylic acids is 1. The van der Waals surface area contributed by atoms with E-state index < -0.39 is 5.91 Å². The minimum absolute atomic E-state index is 0.0734. The van der Waals surface area contributed by atoms with E-state index in [1.54, 1.807) is 24.0 Å². The van der Waals surface area contributed by atoms with Crippen LogP contribution in [0.2, 0.25) is 0 Å². The second-order valence-corrected chi connectivity index (χ2v) is 6.95. The molecule has 132 valence electrons. The monoisotopic (exact) mass is 368 g/mol. The molecule has 6 N–H and O–H groups in total. The zero-order valence-corrected chi connectivity index (χ0v) is 14.5. The molecule has 0 atom stereocenters. The summed E-state index contributed by atoms with van der Waals surface area (Å²) in [7, 11) is 0. The molecular weight excluding hydrogens is 352 g/mol. The number of nitrogens with zero attached hydrogens (tertiary/aromatic N) is 5. The van der Waals surface area contributed by atoms with Gasteiger partial charge in [0, 0.05) is 22.8 Å². The summed E-state index contributed by atoms with van der Waals surface area (Å²) in [4.78, 5) is 31.4. The van der Waals surface area contributed by atoms with E-state index in [1.165, 1.54) is 0 Å². The number of aromatic nitrogens is 4. The Kier molecular flexibility index (Phi) is 3.96. The second kappa shape index (κ2) is 6.30. The van der Waals surface area contributed by atoms with Crippen molar-refractivity contribution in [2.75, 3.05) is 28.7 Å². The molecule has 0 unspecified atom stereocenters. The predicted molar refractivity (Wildman–Crippen MR) is 101 cm³/mol. The third kappa shape index (κ3) is 2.94. The Bertz CT molecular complexity index is 1020. The van der Waals surface area contributed by atoms with Gasteiger partial charge < -0.3 is 22.1 Å². The Hall–Kier alpha value is -3.14. The van der Waals surface area contributed by atoms with Crippen molar-refractivity contribution in [2.24, 2.45) is 5.73 Å². The molecule has 0 radical (unpaired) electrons. The Morgan fingerprint density at radius 1 is 1.23 bits per heavy atom. The standard InChI is InChI=1S/C16H16N8OS/c17-13-12-15(23-16(19)22-13)20-6-9(21-12)7-24-3-4-26-11-5-8(14(18)25)1-2-10(11)24/h1-2,5-6H,3-4,7H2,(H2,18,25)(H4,17,19,20,22,23). The van der Waals surface area contributed by atoms with Gasteiger partial charge in [0.25, 0.3) is 0 Å². The number of thioether (sulfide) groups is 1. The van der Waals surface area contributed by atoms with Crippen molar-refractivity contribution in [1.29, 1.82) is 0 Å². The summed E-state index contributed by atoms with van der Waals surface area (Å²) in [5, 5.41) is 0. The molecule has 0 saturated heterocycles. The quantitative estimate of drug-likeness (QED) is 0.609. The van der Waals surface area contributed by atoms with Crippen LogP contribution < -0.4 is 22.1 Å². The van der Waals surface area contributed by atoms with Crippen molar-refractivity contribution in [2.45, 2.75) is 11.4 Å². The molecule has 10 heteroatoms. The molecule has 1 aromatic carbocycles. The van der Waals surface area contributed by atoms with Crippen LogP contribution in [0, 0.1) is 0 Å². The molecule has 9 nitrogen and oxygen atoms in total. The number of rotatable bonds is 3. The fourth-order valence-electron chi connectivity index (χ4n) is 2.85. The lowest BCUT2D eigenvalue weighted by atomic mass is 10.1. The van der Waals surface area contributed by atoms with Crippen molar-refractivity contribution in [3.63, 3.8) is 0 Å².